The molecular weight excluding hydrogens is 234 g/mol. The van der Waals surface area contributed by atoms with Crippen LogP contribution in [-0.2, 0) is 0 Å². The molecule has 1 nitrogen and oxygen atoms in total. The number of alkyl halides is 3. The Morgan fingerprint density at radius 1 is 1.27 bits per heavy atom. The molecule has 1 aromatic carbocycles. The van der Waals surface area contributed by atoms with Gasteiger partial charge in [-0.15, -0.1) is 12.4 Å². The van der Waals surface area contributed by atoms with Gasteiger partial charge in [0.05, 0.1) is 0 Å². The monoisotopic (exact) mass is 243 g/mol. The van der Waals surface area contributed by atoms with E-state index < -0.39 is 18.0 Å². The van der Waals surface area contributed by atoms with Gasteiger partial charge in [0, 0.05) is 0 Å². The summed E-state index contributed by atoms with van der Waals surface area (Å²) in [6, 6.07) is 1.14. The van der Waals surface area contributed by atoms with Gasteiger partial charge in [-0.3, -0.25) is 0 Å². The molecule has 0 aliphatic heterocycles. The first-order valence-corrected chi connectivity index (χ1v) is 3.90. The van der Waals surface area contributed by atoms with Gasteiger partial charge >= 0.3 is 6.18 Å². The molecule has 0 amide bonds. The second kappa shape index (κ2) is 4.81. The van der Waals surface area contributed by atoms with Crippen LogP contribution in [0.4, 0.5) is 17.6 Å². The quantitative estimate of drug-likeness (QED) is 0.754. The summed E-state index contributed by atoms with van der Waals surface area (Å²) in [6.07, 6.45) is -4.54. The number of halogens is 5. The Morgan fingerprint density at radius 2 is 1.80 bits per heavy atom. The molecule has 0 aliphatic carbocycles. The first kappa shape index (κ1) is 14.2. The van der Waals surface area contributed by atoms with Crippen LogP contribution in [0.1, 0.15) is 17.2 Å². The molecule has 0 fully saturated rings. The first-order valence-electron chi connectivity index (χ1n) is 3.90. The van der Waals surface area contributed by atoms with E-state index in [-0.39, 0.29) is 18.0 Å². The number of nitrogens with two attached hydrogens (primary N) is 1. The van der Waals surface area contributed by atoms with Crippen molar-refractivity contribution in [2.45, 2.75) is 19.1 Å². The third-order valence-electron chi connectivity index (χ3n) is 1.91. The summed E-state index contributed by atoms with van der Waals surface area (Å²) in [6.45, 7) is 1.47. The van der Waals surface area contributed by atoms with Gasteiger partial charge in [-0.2, -0.15) is 13.2 Å². The molecule has 2 N–H and O–H groups in total. The van der Waals surface area contributed by atoms with Crippen molar-refractivity contribution in [1.82, 2.24) is 0 Å². The zero-order valence-electron chi connectivity index (χ0n) is 7.81. The summed E-state index contributed by atoms with van der Waals surface area (Å²) in [5.41, 5.74) is 4.93. The molecule has 0 saturated carbocycles. The van der Waals surface area contributed by atoms with Gasteiger partial charge in [-0.1, -0.05) is 12.1 Å². The van der Waals surface area contributed by atoms with E-state index in [1.165, 1.54) is 19.1 Å². The van der Waals surface area contributed by atoms with Gasteiger partial charge in [-0.05, 0) is 24.1 Å². The van der Waals surface area contributed by atoms with Crippen molar-refractivity contribution in [2.75, 3.05) is 0 Å². The van der Waals surface area contributed by atoms with E-state index in [1.54, 1.807) is 0 Å². The van der Waals surface area contributed by atoms with Crippen molar-refractivity contribution < 1.29 is 17.6 Å². The Hall–Kier alpha value is -0.810. The molecular formula is C9H10ClF4N. The highest BCUT2D eigenvalue weighted by atomic mass is 35.5. The van der Waals surface area contributed by atoms with Crippen LogP contribution in [0.25, 0.3) is 0 Å². The van der Waals surface area contributed by atoms with E-state index in [4.69, 9.17) is 5.73 Å². The predicted octanol–water partition coefficient (Wildman–Crippen LogP) is 3.12. The highest BCUT2D eigenvalue weighted by Crippen LogP contribution is 2.30. The molecule has 1 aromatic rings. The van der Waals surface area contributed by atoms with E-state index in [0.29, 0.717) is 5.56 Å². The van der Waals surface area contributed by atoms with Gasteiger partial charge in [0.2, 0.25) is 0 Å². The Balaban J connectivity index is 0.00000196. The molecule has 0 aromatic heterocycles. The van der Waals surface area contributed by atoms with Crippen molar-refractivity contribution in [1.29, 1.82) is 0 Å². The second-order valence-corrected chi connectivity index (χ2v) is 3.03. The highest BCUT2D eigenvalue weighted by molar-refractivity contribution is 5.85. The summed E-state index contributed by atoms with van der Waals surface area (Å²) < 4.78 is 49.3. The summed E-state index contributed by atoms with van der Waals surface area (Å²) >= 11 is 0. The van der Waals surface area contributed by atoms with Crippen LogP contribution in [0.2, 0.25) is 0 Å². The molecule has 0 saturated heterocycles. The predicted molar refractivity (Wildman–Crippen MR) is 51.4 cm³/mol. The Kier molecular flexibility index (Phi) is 4.55. The smallest absolute Gasteiger partial charge is 0.316 e. The third kappa shape index (κ3) is 3.35. The maximum absolute atomic E-state index is 12.9. The fraction of sp³-hybridized carbons (Fsp3) is 0.333. The van der Waals surface area contributed by atoms with Gasteiger partial charge < -0.3 is 5.73 Å². The van der Waals surface area contributed by atoms with Gasteiger partial charge in [-0.25, -0.2) is 4.39 Å². The number of hydrogen-bond acceptors (Lipinski definition) is 1. The van der Waals surface area contributed by atoms with Crippen LogP contribution < -0.4 is 5.73 Å². The van der Waals surface area contributed by atoms with Crippen molar-refractivity contribution in [3.05, 3.63) is 35.1 Å². The molecule has 0 unspecified atom stereocenters. The molecule has 1 rings (SSSR count). The Morgan fingerprint density at radius 3 is 2.20 bits per heavy atom. The topological polar surface area (TPSA) is 26.0 Å². The minimum absolute atomic E-state index is 0. The van der Waals surface area contributed by atoms with Gasteiger partial charge in [0.25, 0.3) is 0 Å². The van der Waals surface area contributed by atoms with Crippen molar-refractivity contribution in [3.63, 3.8) is 0 Å². The number of aryl methyl sites for hydroxylation is 1. The molecule has 1 atom stereocenters. The molecule has 15 heavy (non-hydrogen) atoms. The molecule has 0 radical (unpaired) electrons. The van der Waals surface area contributed by atoms with E-state index in [1.807, 2.05) is 0 Å². The van der Waals surface area contributed by atoms with Crippen molar-refractivity contribution >= 4 is 12.4 Å². The van der Waals surface area contributed by atoms with Gasteiger partial charge in [0.1, 0.15) is 11.9 Å². The Bertz CT molecular complexity index is 337. The summed E-state index contributed by atoms with van der Waals surface area (Å²) in [5, 5.41) is 0. The van der Waals surface area contributed by atoms with Gasteiger partial charge in [0.15, 0.2) is 0 Å². The number of benzene rings is 1. The van der Waals surface area contributed by atoms with Crippen LogP contribution >= 0.6 is 12.4 Å². The second-order valence-electron chi connectivity index (χ2n) is 3.03. The molecule has 0 spiro atoms. The molecule has 6 heteroatoms. The highest BCUT2D eigenvalue weighted by Gasteiger charge is 2.37. The van der Waals surface area contributed by atoms with Crippen LogP contribution in [0.15, 0.2) is 18.2 Å². The number of hydrogen-bond donors (Lipinski definition) is 1. The van der Waals surface area contributed by atoms with Crippen molar-refractivity contribution in [3.8, 4) is 0 Å². The molecule has 0 heterocycles. The summed E-state index contributed by atoms with van der Waals surface area (Å²) in [5.74, 6) is -0.679. The minimum atomic E-state index is -4.54. The fourth-order valence-electron chi connectivity index (χ4n) is 0.992. The first-order chi connectivity index (χ1) is 6.32. The van der Waals surface area contributed by atoms with E-state index in [0.717, 1.165) is 6.07 Å². The van der Waals surface area contributed by atoms with Crippen LogP contribution in [0.3, 0.4) is 0 Å². The maximum atomic E-state index is 12.9. The molecule has 0 aliphatic rings. The molecule has 86 valence electrons. The largest absolute Gasteiger partial charge is 0.407 e. The lowest BCUT2D eigenvalue weighted by atomic mass is 10.1. The average molecular weight is 244 g/mol. The van der Waals surface area contributed by atoms with Crippen LogP contribution in [-0.4, -0.2) is 6.18 Å². The van der Waals surface area contributed by atoms with Crippen LogP contribution in [0.5, 0.6) is 0 Å². The normalized spacial score (nSPS) is 13.2. The lowest BCUT2D eigenvalue weighted by Crippen LogP contribution is -2.28. The van der Waals surface area contributed by atoms with Crippen LogP contribution in [0, 0.1) is 12.7 Å². The minimum Gasteiger partial charge on any atom is -0.316 e. The Labute approximate surface area is 90.7 Å². The van der Waals surface area contributed by atoms with E-state index in [2.05, 4.69) is 0 Å². The zero-order chi connectivity index (χ0) is 10.9. The summed E-state index contributed by atoms with van der Waals surface area (Å²) in [4.78, 5) is 0. The standard InChI is InChI=1S/C9H9F4N.ClH/c1-5-2-3-6(4-7(5)10)8(14)9(11,12)13;/h2-4,8H,14H2,1H3;1H/t8-;/m0./s1. The van der Waals surface area contributed by atoms with E-state index >= 15 is 0 Å². The number of rotatable bonds is 1. The SMILES string of the molecule is Cc1ccc([C@H](N)C(F)(F)F)cc1F.Cl. The third-order valence-corrected chi connectivity index (χ3v) is 1.91. The zero-order valence-corrected chi connectivity index (χ0v) is 8.62. The van der Waals surface area contributed by atoms with E-state index in [9.17, 15) is 17.6 Å². The average Bonchev–Trinajstić information content (AvgIpc) is 2.07. The maximum Gasteiger partial charge on any atom is 0.407 e. The lowest BCUT2D eigenvalue weighted by Gasteiger charge is -2.16. The fourth-order valence-corrected chi connectivity index (χ4v) is 0.992. The summed E-state index contributed by atoms with van der Waals surface area (Å²) in [7, 11) is 0. The molecule has 0 bridgehead atoms. The lowest BCUT2D eigenvalue weighted by molar-refractivity contribution is -0.149. The van der Waals surface area contributed by atoms with Crippen molar-refractivity contribution in [2.24, 2.45) is 5.73 Å².